The molecule has 2 aliphatic rings. The molecular formula is C22H21NO3. The number of Topliss-reactive ketones (excluding diaryl/α,β-unsaturated/α-hetero) is 1. The molecule has 4 heteroatoms. The second-order valence-corrected chi connectivity index (χ2v) is 7.06. The van der Waals surface area contributed by atoms with E-state index in [1.54, 1.807) is 13.2 Å². The Labute approximate surface area is 153 Å². The number of rotatable bonds is 3. The van der Waals surface area contributed by atoms with Gasteiger partial charge in [0.15, 0.2) is 5.78 Å². The quantitative estimate of drug-likeness (QED) is 0.841. The van der Waals surface area contributed by atoms with Crippen molar-refractivity contribution in [1.82, 2.24) is 0 Å². The van der Waals surface area contributed by atoms with Crippen LogP contribution in [-0.2, 0) is 11.2 Å². The molecule has 0 aromatic heterocycles. The maximum Gasteiger partial charge on any atom is 0.166 e. The lowest BCUT2D eigenvalue weighted by Gasteiger charge is -2.26. The summed E-state index contributed by atoms with van der Waals surface area (Å²) in [5, 5.41) is 9.23. The van der Waals surface area contributed by atoms with Crippen LogP contribution < -0.4 is 4.74 Å². The van der Waals surface area contributed by atoms with Crippen molar-refractivity contribution in [1.29, 1.82) is 5.26 Å². The van der Waals surface area contributed by atoms with E-state index in [1.807, 2.05) is 24.3 Å². The highest BCUT2D eigenvalue weighted by Crippen LogP contribution is 2.38. The van der Waals surface area contributed by atoms with Crippen LogP contribution in [0.1, 0.15) is 34.3 Å². The van der Waals surface area contributed by atoms with Gasteiger partial charge in [-0.1, -0.05) is 12.1 Å². The summed E-state index contributed by atoms with van der Waals surface area (Å²) in [4.78, 5) is 13.0. The predicted molar refractivity (Wildman–Crippen MR) is 98.2 cm³/mol. The minimum atomic E-state index is 0.0872. The molecule has 1 saturated heterocycles. The van der Waals surface area contributed by atoms with E-state index in [0.29, 0.717) is 17.2 Å². The van der Waals surface area contributed by atoms with Crippen molar-refractivity contribution in [2.45, 2.75) is 19.3 Å². The Balaban J connectivity index is 1.67. The molecule has 0 spiro atoms. The normalized spacial score (nSPS) is 19.8. The topological polar surface area (TPSA) is 59.3 Å². The smallest absolute Gasteiger partial charge is 0.166 e. The van der Waals surface area contributed by atoms with Gasteiger partial charge in [0.05, 0.1) is 18.7 Å². The summed E-state index contributed by atoms with van der Waals surface area (Å²) in [6, 6.07) is 13.7. The Bertz CT molecular complexity index is 891. The zero-order valence-electron chi connectivity index (χ0n) is 14.8. The maximum atomic E-state index is 13.0. The number of nitrogens with zero attached hydrogens (tertiary/aromatic N) is 1. The molecule has 1 aliphatic heterocycles. The van der Waals surface area contributed by atoms with Crippen LogP contribution >= 0.6 is 0 Å². The van der Waals surface area contributed by atoms with Gasteiger partial charge in [-0.3, -0.25) is 4.79 Å². The Kier molecular flexibility index (Phi) is 4.48. The summed E-state index contributed by atoms with van der Waals surface area (Å²) in [6.07, 6.45) is 2.78. The molecule has 132 valence electrons. The van der Waals surface area contributed by atoms with E-state index in [0.717, 1.165) is 54.7 Å². The van der Waals surface area contributed by atoms with Crippen molar-refractivity contribution in [2.75, 3.05) is 20.3 Å². The number of carbonyl (C=O) groups excluding carboxylic acids is 1. The Morgan fingerprint density at radius 3 is 2.65 bits per heavy atom. The molecule has 4 nitrogen and oxygen atoms in total. The fourth-order valence-corrected chi connectivity index (χ4v) is 4.14. The second-order valence-electron chi connectivity index (χ2n) is 7.06. The van der Waals surface area contributed by atoms with Crippen LogP contribution in [0.5, 0.6) is 5.75 Å². The lowest BCUT2D eigenvalue weighted by atomic mass is 9.83. The van der Waals surface area contributed by atoms with Gasteiger partial charge in [0.1, 0.15) is 5.75 Å². The average Bonchev–Trinajstić information content (AvgIpc) is 3.04. The van der Waals surface area contributed by atoms with Gasteiger partial charge in [0.2, 0.25) is 0 Å². The third-order valence-electron chi connectivity index (χ3n) is 5.59. The number of carbonyl (C=O) groups is 1. The summed E-state index contributed by atoms with van der Waals surface area (Å²) >= 11 is 0. The third-order valence-corrected chi connectivity index (χ3v) is 5.59. The van der Waals surface area contributed by atoms with E-state index in [2.05, 4.69) is 12.1 Å². The van der Waals surface area contributed by atoms with Crippen LogP contribution in [0.15, 0.2) is 36.4 Å². The first-order chi connectivity index (χ1) is 12.7. The number of ether oxygens (including phenoxy) is 2. The molecule has 0 saturated carbocycles. The van der Waals surface area contributed by atoms with Crippen LogP contribution in [0.25, 0.3) is 11.1 Å². The Hall–Kier alpha value is -2.64. The summed E-state index contributed by atoms with van der Waals surface area (Å²) in [6.45, 7) is 1.52. The van der Waals surface area contributed by atoms with Gasteiger partial charge in [-0.15, -0.1) is 0 Å². The molecule has 0 amide bonds. The van der Waals surface area contributed by atoms with Crippen molar-refractivity contribution in [2.24, 2.45) is 11.8 Å². The molecule has 1 heterocycles. The molecule has 1 unspecified atom stereocenters. The highest BCUT2D eigenvalue weighted by atomic mass is 16.5. The molecule has 2 aromatic carbocycles. The van der Waals surface area contributed by atoms with Gasteiger partial charge in [-0.2, -0.15) is 5.26 Å². The molecule has 0 radical (unpaired) electrons. The lowest BCUT2D eigenvalue weighted by Crippen LogP contribution is -2.27. The molecular weight excluding hydrogens is 326 g/mol. The number of hydrogen-bond donors (Lipinski definition) is 0. The first-order valence-electron chi connectivity index (χ1n) is 9.04. The van der Waals surface area contributed by atoms with E-state index in [1.165, 1.54) is 0 Å². The minimum Gasteiger partial charge on any atom is -0.497 e. The monoisotopic (exact) mass is 347 g/mol. The van der Waals surface area contributed by atoms with Crippen LogP contribution in [0.3, 0.4) is 0 Å². The van der Waals surface area contributed by atoms with Gasteiger partial charge in [-0.25, -0.2) is 0 Å². The molecule has 26 heavy (non-hydrogen) atoms. The fourth-order valence-electron chi connectivity index (χ4n) is 4.14. The highest BCUT2D eigenvalue weighted by molar-refractivity contribution is 6.03. The molecule has 0 N–H and O–H groups in total. The first-order valence-corrected chi connectivity index (χ1v) is 9.04. The van der Waals surface area contributed by atoms with Crippen LogP contribution in [-0.4, -0.2) is 26.1 Å². The summed E-state index contributed by atoms with van der Waals surface area (Å²) in [5.41, 5.74) is 4.36. The lowest BCUT2D eigenvalue weighted by molar-refractivity contribution is 0.0448. The van der Waals surface area contributed by atoms with Gasteiger partial charge >= 0.3 is 0 Å². The van der Waals surface area contributed by atoms with Crippen molar-refractivity contribution < 1.29 is 14.3 Å². The molecule has 2 aromatic rings. The summed E-state index contributed by atoms with van der Waals surface area (Å²) in [5.74, 6) is 1.42. The van der Waals surface area contributed by atoms with Gasteiger partial charge in [-0.05, 0) is 66.1 Å². The zero-order valence-corrected chi connectivity index (χ0v) is 14.8. The standard InChI is InChI=1S/C22H21NO3/c1-25-19-9-14(13-23)8-18(10-19)16-2-3-17-12-20(22(24)21(17)11-16)15-4-6-26-7-5-15/h2-3,8-11,15,20H,4-7,12H2,1H3. The van der Waals surface area contributed by atoms with E-state index in [4.69, 9.17) is 9.47 Å². The number of methoxy groups -OCH3 is 1. The fraction of sp³-hybridized carbons (Fsp3) is 0.364. The number of fused-ring (bicyclic) bond motifs is 1. The summed E-state index contributed by atoms with van der Waals surface area (Å²) < 4.78 is 10.7. The Morgan fingerprint density at radius 2 is 1.92 bits per heavy atom. The van der Waals surface area contributed by atoms with E-state index < -0.39 is 0 Å². The first kappa shape index (κ1) is 16.8. The number of hydrogen-bond acceptors (Lipinski definition) is 4. The molecule has 1 fully saturated rings. The van der Waals surface area contributed by atoms with Crippen LogP contribution in [0.4, 0.5) is 0 Å². The molecule has 1 aliphatic carbocycles. The van der Waals surface area contributed by atoms with E-state index >= 15 is 0 Å². The van der Waals surface area contributed by atoms with Crippen molar-refractivity contribution in [3.63, 3.8) is 0 Å². The number of nitriles is 1. The SMILES string of the molecule is COc1cc(C#N)cc(-c2ccc3c(c2)C(=O)C(C2CCOCC2)C3)c1. The Morgan fingerprint density at radius 1 is 1.12 bits per heavy atom. The van der Waals surface area contributed by atoms with Crippen LogP contribution in [0, 0.1) is 23.2 Å². The van der Waals surface area contributed by atoms with Crippen molar-refractivity contribution in [3.05, 3.63) is 53.1 Å². The minimum absolute atomic E-state index is 0.0872. The maximum absolute atomic E-state index is 13.0. The van der Waals surface area contributed by atoms with Gasteiger partial charge in [0, 0.05) is 24.7 Å². The number of ketones is 1. The molecule has 1 atom stereocenters. The third kappa shape index (κ3) is 3.00. The predicted octanol–water partition coefficient (Wildman–Crippen LogP) is 4.02. The molecule has 0 bridgehead atoms. The van der Waals surface area contributed by atoms with E-state index in [9.17, 15) is 10.1 Å². The average molecular weight is 347 g/mol. The second kappa shape index (κ2) is 6.93. The van der Waals surface area contributed by atoms with E-state index in [-0.39, 0.29) is 11.7 Å². The van der Waals surface area contributed by atoms with Crippen LogP contribution in [0.2, 0.25) is 0 Å². The summed E-state index contributed by atoms with van der Waals surface area (Å²) in [7, 11) is 1.59. The van der Waals surface area contributed by atoms with Crippen molar-refractivity contribution in [3.8, 4) is 22.9 Å². The number of benzene rings is 2. The largest absolute Gasteiger partial charge is 0.497 e. The van der Waals surface area contributed by atoms with Gasteiger partial charge < -0.3 is 9.47 Å². The highest BCUT2D eigenvalue weighted by Gasteiger charge is 2.36. The molecule has 4 rings (SSSR count). The van der Waals surface area contributed by atoms with Gasteiger partial charge in [0.25, 0.3) is 0 Å². The zero-order chi connectivity index (χ0) is 18.1. The van der Waals surface area contributed by atoms with Crippen molar-refractivity contribution >= 4 is 5.78 Å².